The number of hydrogen-bond acceptors (Lipinski definition) is 6. The second-order valence-electron chi connectivity index (χ2n) is 6.22. The highest BCUT2D eigenvalue weighted by molar-refractivity contribution is 7.91. The van der Waals surface area contributed by atoms with E-state index in [1.807, 2.05) is 26.0 Å². The van der Waals surface area contributed by atoms with E-state index >= 15 is 0 Å². The quantitative estimate of drug-likeness (QED) is 0.715. The molecule has 1 aromatic heterocycles. The summed E-state index contributed by atoms with van der Waals surface area (Å²) in [6, 6.07) is 7.76. The van der Waals surface area contributed by atoms with Crippen LogP contribution in [-0.4, -0.2) is 41.2 Å². The van der Waals surface area contributed by atoms with Gasteiger partial charge in [0.2, 0.25) is 10.0 Å². The molecule has 0 saturated carbocycles. The Bertz CT molecular complexity index is 997. The van der Waals surface area contributed by atoms with Crippen molar-refractivity contribution in [3.05, 3.63) is 47.7 Å². The number of nitrogens with one attached hydrogen (secondary N) is 1. The molecule has 7 nitrogen and oxygen atoms in total. The summed E-state index contributed by atoms with van der Waals surface area (Å²) >= 11 is 0. The maximum absolute atomic E-state index is 12.6. The topological polar surface area (TPSA) is 96.4 Å². The summed E-state index contributed by atoms with van der Waals surface area (Å²) in [7, 11) is -7.35. The summed E-state index contributed by atoms with van der Waals surface area (Å²) in [5.74, 6) is 0.836. The number of aromatic nitrogens is 1. The Morgan fingerprint density at radius 1 is 1.04 bits per heavy atom. The second-order valence-corrected chi connectivity index (χ2v) is 9.97. The lowest BCUT2D eigenvalue weighted by molar-refractivity contribution is 0.580. The average Bonchev–Trinajstić information content (AvgIpc) is 2.61. The normalized spacial score (nSPS) is 12.1. The number of anilines is 1. The number of pyridine rings is 1. The van der Waals surface area contributed by atoms with E-state index in [0.717, 1.165) is 25.2 Å². The zero-order valence-electron chi connectivity index (χ0n) is 15.9. The van der Waals surface area contributed by atoms with Crippen LogP contribution in [-0.2, 0) is 26.4 Å². The summed E-state index contributed by atoms with van der Waals surface area (Å²) in [6.45, 7) is 7.45. The lowest BCUT2D eigenvalue weighted by atomic mass is 10.2. The molecular weight excluding hydrogens is 386 g/mol. The van der Waals surface area contributed by atoms with Crippen molar-refractivity contribution in [3.63, 3.8) is 0 Å². The zero-order chi connectivity index (χ0) is 20.2. The van der Waals surface area contributed by atoms with Crippen LogP contribution in [0.5, 0.6) is 0 Å². The number of benzene rings is 1. The van der Waals surface area contributed by atoms with Crippen molar-refractivity contribution < 1.29 is 16.8 Å². The van der Waals surface area contributed by atoms with Crippen molar-refractivity contribution in [2.45, 2.75) is 37.1 Å². The van der Waals surface area contributed by atoms with Gasteiger partial charge < -0.3 is 4.90 Å². The fourth-order valence-electron chi connectivity index (χ4n) is 2.61. The Hall–Kier alpha value is -1.97. The molecule has 2 rings (SSSR count). The van der Waals surface area contributed by atoms with Gasteiger partial charge >= 0.3 is 0 Å². The Morgan fingerprint density at radius 2 is 1.70 bits per heavy atom. The molecule has 0 fully saturated rings. The lowest BCUT2D eigenvalue weighted by Crippen LogP contribution is -2.25. The smallest absolute Gasteiger partial charge is 0.241 e. The van der Waals surface area contributed by atoms with Crippen molar-refractivity contribution in [3.8, 4) is 0 Å². The van der Waals surface area contributed by atoms with Crippen molar-refractivity contribution in [1.82, 2.24) is 9.71 Å². The van der Waals surface area contributed by atoms with Crippen LogP contribution in [0.2, 0.25) is 0 Å². The minimum Gasteiger partial charge on any atom is -0.357 e. The van der Waals surface area contributed by atoms with Gasteiger partial charge in [0.1, 0.15) is 5.82 Å². The number of aryl methyl sites for hydroxylation is 1. The van der Waals surface area contributed by atoms with E-state index < -0.39 is 19.9 Å². The molecule has 0 radical (unpaired) electrons. The molecule has 1 aromatic carbocycles. The first-order valence-electron chi connectivity index (χ1n) is 8.58. The molecule has 0 saturated heterocycles. The molecule has 0 bridgehead atoms. The third-order valence-electron chi connectivity index (χ3n) is 4.24. The minimum atomic E-state index is -3.86. The van der Waals surface area contributed by atoms with E-state index in [2.05, 4.69) is 14.6 Å². The van der Waals surface area contributed by atoms with Gasteiger partial charge in [0.05, 0.1) is 9.79 Å². The highest BCUT2D eigenvalue weighted by atomic mass is 32.2. The Labute approximate surface area is 161 Å². The summed E-state index contributed by atoms with van der Waals surface area (Å²) in [5.41, 5.74) is 1.19. The summed E-state index contributed by atoms with van der Waals surface area (Å²) in [6.07, 6.45) is 2.68. The predicted octanol–water partition coefficient (Wildman–Crippen LogP) is 2.12. The van der Waals surface area contributed by atoms with E-state index in [4.69, 9.17) is 0 Å². The lowest BCUT2D eigenvalue weighted by Gasteiger charge is -2.19. The molecule has 0 aliphatic carbocycles. The Kier molecular flexibility index (Phi) is 6.61. The summed E-state index contributed by atoms with van der Waals surface area (Å²) in [5, 5.41) is 0. The molecule has 2 aromatic rings. The fraction of sp³-hybridized carbons (Fsp3) is 0.389. The van der Waals surface area contributed by atoms with Gasteiger partial charge in [-0.15, -0.1) is 0 Å². The highest BCUT2D eigenvalue weighted by Gasteiger charge is 2.19. The van der Waals surface area contributed by atoms with E-state index in [0.29, 0.717) is 11.1 Å². The SMILES string of the molecule is CCN(CC)c1ccc(CNS(=O)(=O)c2cc(S(C)(=O)=O)ccc2C)cn1. The molecule has 1 heterocycles. The molecule has 0 aliphatic heterocycles. The van der Waals surface area contributed by atoms with Gasteiger partial charge in [-0.2, -0.15) is 0 Å². The van der Waals surface area contributed by atoms with Gasteiger partial charge in [-0.1, -0.05) is 12.1 Å². The fourth-order valence-corrected chi connectivity index (χ4v) is 4.62. The van der Waals surface area contributed by atoms with E-state index in [1.54, 1.807) is 13.1 Å². The monoisotopic (exact) mass is 411 g/mol. The van der Waals surface area contributed by atoms with E-state index in [1.165, 1.54) is 18.2 Å². The molecular formula is C18H25N3O4S2. The molecule has 0 unspecified atom stereocenters. The first-order valence-corrected chi connectivity index (χ1v) is 12.0. The first kappa shape index (κ1) is 21.3. The van der Waals surface area contributed by atoms with Crippen molar-refractivity contribution in [2.75, 3.05) is 24.2 Å². The van der Waals surface area contributed by atoms with Crippen LogP contribution in [0.4, 0.5) is 5.82 Å². The summed E-state index contributed by atoms with van der Waals surface area (Å²) < 4.78 is 51.2. The van der Waals surface area contributed by atoms with Gasteiger partial charge in [-0.3, -0.25) is 0 Å². The predicted molar refractivity (Wildman–Crippen MR) is 106 cm³/mol. The van der Waals surface area contributed by atoms with Crippen molar-refractivity contribution >= 4 is 25.7 Å². The number of sulfonamides is 1. The van der Waals surface area contributed by atoms with E-state index in [-0.39, 0.29) is 16.3 Å². The van der Waals surface area contributed by atoms with Gasteiger partial charge in [-0.05, 0) is 50.1 Å². The van der Waals surface area contributed by atoms with Gasteiger partial charge in [-0.25, -0.2) is 26.5 Å². The highest BCUT2D eigenvalue weighted by Crippen LogP contribution is 2.20. The number of sulfone groups is 1. The van der Waals surface area contributed by atoms with Crippen LogP contribution >= 0.6 is 0 Å². The number of nitrogens with zero attached hydrogens (tertiary/aromatic N) is 2. The van der Waals surface area contributed by atoms with Crippen molar-refractivity contribution in [1.29, 1.82) is 0 Å². The minimum absolute atomic E-state index is 0.0290. The van der Waals surface area contributed by atoms with Crippen LogP contribution in [0.25, 0.3) is 0 Å². The van der Waals surface area contributed by atoms with Crippen LogP contribution in [0, 0.1) is 6.92 Å². The van der Waals surface area contributed by atoms with Gasteiger partial charge in [0.25, 0.3) is 0 Å². The molecule has 0 atom stereocenters. The third-order valence-corrected chi connectivity index (χ3v) is 6.89. The molecule has 1 N–H and O–H groups in total. The zero-order valence-corrected chi connectivity index (χ0v) is 17.6. The maximum atomic E-state index is 12.6. The van der Waals surface area contributed by atoms with Crippen LogP contribution < -0.4 is 9.62 Å². The first-order chi connectivity index (χ1) is 12.6. The van der Waals surface area contributed by atoms with Crippen LogP contribution in [0.1, 0.15) is 25.0 Å². The standard InChI is InChI=1S/C18H25N3O4S2/c1-5-21(6-2)18-10-8-15(12-19-18)13-20-27(24,25)17-11-16(26(4,22)23)9-7-14(17)3/h7-12,20H,5-6,13H2,1-4H3. The molecule has 0 amide bonds. The number of hydrogen-bond donors (Lipinski definition) is 1. The molecule has 27 heavy (non-hydrogen) atoms. The molecule has 148 valence electrons. The average molecular weight is 412 g/mol. The maximum Gasteiger partial charge on any atom is 0.241 e. The van der Waals surface area contributed by atoms with Crippen LogP contribution in [0.3, 0.4) is 0 Å². The van der Waals surface area contributed by atoms with E-state index in [9.17, 15) is 16.8 Å². The number of rotatable bonds is 8. The molecule has 9 heteroatoms. The van der Waals surface area contributed by atoms with Gasteiger partial charge in [0, 0.05) is 32.1 Å². The summed E-state index contributed by atoms with van der Waals surface area (Å²) in [4.78, 5) is 6.39. The Morgan fingerprint density at radius 3 is 2.22 bits per heavy atom. The van der Waals surface area contributed by atoms with Crippen LogP contribution in [0.15, 0.2) is 46.3 Å². The van der Waals surface area contributed by atoms with Crippen molar-refractivity contribution in [2.24, 2.45) is 0 Å². The second kappa shape index (κ2) is 8.37. The molecule has 0 aliphatic rings. The molecule has 0 spiro atoms. The Balaban J connectivity index is 2.20. The largest absolute Gasteiger partial charge is 0.357 e. The van der Waals surface area contributed by atoms with Gasteiger partial charge in [0.15, 0.2) is 9.84 Å². The third kappa shape index (κ3) is 5.27.